The number of aromatic nitrogens is 2. The molecule has 6 heteroatoms. The summed E-state index contributed by atoms with van der Waals surface area (Å²) in [6, 6.07) is 11.5. The molecule has 0 N–H and O–H groups in total. The van der Waals surface area contributed by atoms with Crippen LogP contribution in [0.15, 0.2) is 47.2 Å². The SMILES string of the molecule is Cc1nn(-c2ccccc2)c(C)c1C(=O)C(=O)N(C)Cc1ccsc1. The number of aryl methyl sites for hydroxylation is 1. The summed E-state index contributed by atoms with van der Waals surface area (Å²) in [7, 11) is 1.64. The highest BCUT2D eigenvalue weighted by molar-refractivity contribution is 7.07. The van der Waals surface area contributed by atoms with Gasteiger partial charge in [-0.2, -0.15) is 16.4 Å². The smallest absolute Gasteiger partial charge is 0.295 e. The Morgan fingerprint density at radius 1 is 1.16 bits per heavy atom. The third-order valence-electron chi connectivity index (χ3n) is 4.06. The molecule has 3 aromatic rings. The van der Waals surface area contributed by atoms with Crippen molar-refractivity contribution in [2.75, 3.05) is 7.05 Å². The first-order valence-electron chi connectivity index (χ1n) is 7.91. The van der Waals surface area contributed by atoms with Gasteiger partial charge >= 0.3 is 0 Å². The Kier molecular flexibility index (Phi) is 4.81. The number of nitrogens with zero attached hydrogens (tertiary/aromatic N) is 3. The number of benzene rings is 1. The van der Waals surface area contributed by atoms with E-state index in [4.69, 9.17) is 0 Å². The van der Waals surface area contributed by atoms with Gasteiger partial charge in [-0.3, -0.25) is 9.59 Å². The summed E-state index contributed by atoms with van der Waals surface area (Å²) < 4.78 is 1.70. The molecule has 2 aromatic heterocycles. The van der Waals surface area contributed by atoms with Crippen LogP contribution in [0.1, 0.15) is 27.3 Å². The molecule has 0 unspecified atom stereocenters. The lowest BCUT2D eigenvalue weighted by molar-refractivity contribution is -0.125. The average molecular weight is 353 g/mol. The van der Waals surface area contributed by atoms with Crippen molar-refractivity contribution in [1.82, 2.24) is 14.7 Å². The fourth-order valence-electron chi connectivity index (χ4n) is 2.80. The third kappa shape index (κ3) is 3.39. The lowest BCUT2D eigenvalue weighted by Gasteiger charge is -2.15. The third-order valence-corrected chi connectivity index (χ3v) is 4.79. The zero-order valence-corrected chi connectivity index (χ0v) is 15.2. The van der Waals surface area contributed by atoms with Gasteiger partial charge in [0, 0.05) is 13.6 Å². The van der Waals surface area contributed by atoms with E-state index >= 15 is 0 Å². The maximum atomic E-state index is 12.8. The van der Waals surface area contributed by atoms with Crippen molar-refractivity contribution in [2.24, 2.45) is 0 Å². The summed E-state index contributed by atoms with van der Waals surface area (Å²) in [5, 5.41) is 8.37. The van der Waals surface area contributed by atoms with Gasteiger partial charge in [0.05, 0.1) is 22.6 Å². The van der Waals surface area contributed by atoms with Crippen LogP contribution in [0, 0.1) is 13.8 Å². The zero-order chi connectivity index (χ0) is 18.0. The van der Waals surface area contributed by atoms with Crippen LogP contribution in [0.4, 0.5) is 0 Å². The summed E-state index contributed by atoms with van der Waals surface area (Å²) in [6.07, 6.45) is 0. The molecule has 0 atom stereocenters. The number of rotatable bonds is 5. The molecular formula is C19H19N3O2S. The zero-order valence-electron chi connectivity index (χ0n) is 14.4. The van der Waals surface area contributed by atoms with Crippen molar-refractivity contribution in [1.29, 1.82) is 0 Å². The molecule has 2 heterocycles. The van der Waals surface area contributed by atoms with Crippen LogP contribution in [0.5, 0.6) is 0 Å². The molecule has 128 valence electrons. The van der Waals surface area contributed by atoms with Crippen molar-refractivity contribution >= 4 is 23.0 Å². The number of thiophene rings is 1. The number of hydrogen-bond acceptors (Lipinski definition) is 4. The topological polar surface area (TPSA) is 55.2 Å². The number of carbonyl (C=O) groups is 2. The number of carbonyl (C=O) groups excluding carboxylic acids is 2. The largest absolute Gasteiger partial charge is 0.334 e. The van der Waals surface area contributed by atoms with E-state index in [1.165, 1.54) is 4.90 Å². The van der Waals surface area contributed by atoms with Crippen LogP contribution >= 0.6 is 11.3 Å². The van der Waals surface area contributed by atoms with E-state index in [0.717, 1.165) is 11.3 Å². The monoisotopic (exact) mass is 353 g/mol. The maximum absolute atomic E-state index is 12.8. The molecule has 0 spiro atoms. The molecule has 0 fully saturated rings. The number of amides is 1. The highest BCUT2D eigenvalue weighted by Crippen LogP contribution is 2.19. The predicted octanol–water partition coefficient (Wildman–Crippen LogP) is 3.39. The van der Waals surface area contributed by atoms with Crippen LogP contribution in [-0.2, 0) is 11.3 Å². The molecule has 3 rings (SSSR count). The molecule has 1 aromatic carbocycles. The van der Waals surface area contributed by atoms with Gasteiger partial charge in [-0.05, 0) is 48.4 Å². The molecular weight excluding hydrogens is 334 g/mol. The second-order valence-corrected chi connectivity index (χ2v) is 6.70. The van der Waals surface area contributed by atoms with E-state index in [0.29, 0.717) is 23.5 Å². The molecule has 0 saturated heterocycles. The van der Waals surface area contributed by atoms with Crippen molar-refractivity contribution in [2.45, 2.75) is 20.4 Å². The van der Waals surface area contributed by atoms with Crippen molar-refractivity contribution in [3.05, 3.63) is 69.7 Å². The first kappa shape index (κ1) is 17.1. The van der Waals surface area contributed by atoms with Crippen molar-refractivity contribution < 1.29 is 9.59 Å². The highest BCUT2D eigenvalue weighted by atomic mass is 32.1. The average Bonchev–Trinajstić information content (AvgIpc) is 3.22. The van der Waals surface area contributed by atoms with E-state index in [1.54, 1.807) is 30.0 Å². The van der Waals surface area contributed by atoms with Crippen molar-refractivity contribution in [3.8, 4) is 5.69 Å². The van der Waals surface area contributed by atoms with E-state index in [2.05, 4.69) is 5.10 Å². The predicted molar refractivity (Wildman–Crippen MR) is 98.2 cm³/mol. The van der Waals surface area contributed by atoms with Gasteiger partial charge in [0.15, 0.2) is 0 Å². The first-order chi connectivity index (χ1) is 12.0. The normalized spacial score (nSPS) is 10.7. The van der Waals surface area contributed by atoms with Gasteiger partial charge in [0.2, 0.25) is 0 Å². The fourth-order valence-corrected chi connectivity index (χ4v) is 3.46. The summed E-state index contributed by atoms with van der Waals surface area (Å²) in [4.78, 5) is 26.8. The van der Waals surface area contributed by atoms with Crippen molar-refractivity contribution in [3.63, 3.8) is 0 Å². The van der Waals surface area contributed by atoms with Crippen LogP contribution < -0.4 is 0 Å². The van der Waals surface area contributed by atoms with E-state index in [-0.39, 0.29) is 0 Å². The Hall–Kier alpha value is -2.73. The number of likely N-dealkylation sites (N-methyl/N-ethyl adjacent to an activating group) is 1. The second kappa shape index (κ2) is 7.03. The van der Waals surface area contributed by atoms with Crippen LogP contribution in [-0.4, -0.2) is 33.4 Å². The van der Waals surface area contributed by atoms with E-state index in [9.17, 15) is 9.59 Å². The molecule has 25 heavy (non-hydrogen) atoms. The highest BCUT2D eigenvalue weighted by Gasteiger charge is 2.27. The second-order valence-electron chi connectivity index (χ2n) is 5.92. The minimum Gasteiger partial charge on any atom is -0.334 e. The van der Waals surface area contributed by atoms with Gasteiger partial charge in [0.25, 0.3) is 11.7 Å². The lowest BCUT2D eigenvalue weighted by Crippen LogP contribution is -2.33. The lowest BCUT2D eigenvalue weighted by atomic mass is 10.1. The molecule has 0 bridgehead atoms. The van der Waals surface area contributed by atoms with Gasteiger partial charge in [0.1, 0.15) is 0 Å². The Morgan fingerprint density at radius 3 is 2.52 bits per heavy atom. The van der Waals surface area contributed by atoms with Gasteiger partial charge in [-0.1, -0.05) is 18.2 Å². The minimum absolute atomic E-state index is 0.381. The molecule has 0 aliphatic rings. The minimum atomic E-state index is -0.523. The van der Waals surface area contributed by atoms with E-state index in [1.807, 2.05) is 54.1 Å². The van der Waals surface area contributed by atoms with Gasteiger partial charge in [-0.25, -0.2) is 4.68 Å². The van der Waals surface area contributed by atoms with Gasteiger partial charge < -0.3 is 4.90 Å². The Labute approximate surface area is 150 Å². The molecule has 5 nitrogen and oxygen atoms in total. The molecule has 1 amide bonds. The Balaban J connectivity index is 1.87. The quantitative estimate of drug-likeness (QED) is 0.522. The van der Waals surface area contributed by atoms with Crippen LogP contribution in [0.2, 0.25) is 0 Å². The summed E-state index contributed by atoms with van der Waals surface area (Å²) in [5.41, 5.74) is 3.49. The van der Waals surface area contributed by atoms with Gasteiger partial charge in [-0.15, -0.1) is 0 Å². The molecule has 0 saturated carbocycles. The van der Waals surface area contributed by atoms with Crippen LogP contribution in [0.25, 0.3) is 5.69 Å². The Bertz CT molecular complexity index is 898. The first-order valence-corrected chi connectivity index (χ1v) is 8.86. The molecule has 0 radical (unpaired) electrons. The Morgan fingerprint density at radius 2 is 1.88 bits per heavy atom. The van der Waals surface area contributed by atoms with E-state index < -0.39 is 11.7 Å². The standard InChI is InChI=1S/C19H19N3O2S/c1-13-17(14(2)22(20-13)16-7-5-4-6-8-16)18(23)19(24)21(3)11-15-9-10-25-12-15/h4-10,12H,11H2,1-3H3. The van der Waals surface area contributed by atoms with Crippen LogP contribution in [0.3, 0.4) is 0 Å². The molecule has 0 aliphatic carbocycles. The fraction of sp³-hybridized carbons (Fsp3) is 0.211. The number of Topliss-reactive ketones (excluding diaryl/α,β-unsaturated/α-hetero) is 1. The maximum Gasteiger partial charge on any atom is 0.295 e. The molecule has 0 aliphatic heterocycles. The number of para-hydroxylation sites is 1. The summed E-state index contributed by atoms with van der Waals surface area (Å²) in [5.74, 6) is -1.04. The number of hydrogen-bond donors (Lipinski definition) is 0. The number of ketones is 1. The summed E-state index contributed by atoms with van der Waals surface area (Å²) in [6.45, 7) is 3.98. The summed E-state index contributed by atoms with van der Waals surface area (Å²) >= 11 is 1.57.